The molecule has 0 bridgehead atoms. The van der Waals surface area contributed by atoms with Gasteiger partial charge in [0.1, 0.15) is 0 Å². The number of hydrogen-bond donors (Lipinski definition) is 1. The summed E-state index contributed by atoms with van der Waals surface area (Å²) >= 11 is 7.28. The topological polar surface area (TPSA) is 79.3 Å². The zero-order valence-corrected chi connectivity index (χ0v) is 24.9. The third-order valence-electron chi connectivity index (χ3n) is 6.95. The summed E-state index contributed by atoms with van der Waals surface area (Å²) in [7, 11) is 0. The maximum absolute atomic E-state index is 13.7. The average molecular weight is 638 g/mol. The van der Waals surface area contributed by atoms with Gasteiger partial charge in [-0.25, -0.2) is 4.79 Å². The van der Waals surface area contributed by atoms with E-state index in [0.29, 0.717) is 33.8 Å². The standard InChI is InChI=1S/C33H24ClF3N2O4S/c1-2-39-28-14-8-21(30(40)20-6-4-3-5-7-20)18-25(28)26-19-22(9-15-29(26)39)31(41)27(38-43-32(42)33(35,36)37)16-17-44-24-12-10-23(34)11-13-24/h3-15,18-19H,2,16-17H2,1H3/p+1/b38-27+. The van der Waals surface area contributed by atoms with Gasteiger partial charge in [-0.1, -0.05) is 41.9 Å². The van der Waals surface area contributed by atoms with Crippen LogP contribution in [0.2, 0.25) is 5.02 Å². The molecule has 0 fully saturated rings. The Morgan fingerprint density at radius 2 is 1.45 bits per heavy atom. The second-order valence-corrected chi connectivity index (χ2v) is 11.4. The Bertz CT molecular complexity index is 1900. The van der Waals surface area contributed by atoms with Crippen LogP contribution in [-0.4, -0.2) is 39.7 Å². The highest BCUT2D eigenvalue weighted by Gasteiger charge is 2.44. The predicted octanol–water partition coefficient (Wildman–Crippen LogP) is 6.61. The van der Waals surface area contributed by atoms with Crippen molar-refractivity contribution in [1.82, 2.24) is 4.57 Å². The first kappa shape index (κ1) is 31.0. The third kappa shape index (κ3) is 6.71. The van der Waals surface area contributed by atoms with Gasteiger partial charge in [-0.15, -0.1) is 11.8 Å². The molecule has 0 radical (unpaired) electrons. The van der Waals surface area contributed by atoms with Gasteiger partial charge in [-0.2, -0.15) is 18.0 Å². The van der Waals surface area contributed by atoms with Gasteiger partial charge < -0.3 is 4.57 Å². The number of ketones is 2. The maximum Gasteiger partial charge on any atom is 0.498 e. The number of Topliss-reactive ketones (excluding diaryl/α,β-unsaturated/α-hetero) is 1. The van der Waals surface area contributed by atoms with Crippen LogP contribution in [0.4, 0.5) is 13.2 Å². The fourth-order valence-corrected chi connectivity index (χ4v) is 5.83. The summed E-state index contributed by atoms with van der Waals surface area (Å²) in [6.45, 7) is 2.59. The van der Waals surface area contributed by atoms with Gasteiger partial charge >= 0.3 is 12.1 Å². The van der Waals surface area contributed by atoms with E-state index in [4.69, 9.17) is 11.6 Å². The van der Waals surface area contributed by atoms with E-state index in [0.717, 1.165) is 21.3 Å². The smallest absolute Gasteiger partial charge is 0.341 e. The van der Waals surface area contributed by atoms with Crippen LogP contribution in [0.3, 0.4) is 0 Å². The lowest BCUT2D eigenvalue weighted by molar-refractivity contribution is -0.726. The Labute approximate surface area is 259 Å². The van der Waals surface area contributed by atoms with E-state index < -0.39 is 17.9 Å². The summed E-state index contributed by atoms with van der Waals surface area (Å²) in [6, 6.07) is 26.2. The fraction of sp³-hybridized carbons (Fsp3) is 0.152. The maximum atomic E-state index is 13.7. The molecule has 1 N–H and O–H groups in total. The second kappa shape index (κ2) is 13.1. The second-order valence-electron chi connectivity index (χ2n) is 9.75. The first-order valence-electron chi connectivity index (χ1n) is 13.6. The normalized spacial score (nSPS) is 12.1. The first-order valence-corrected chi connectivity index (χ1v) is 14.9. The zero-order valence-electron chi connectivity index (χ0n) is 23.3. The first-order chi connectivity index (χ1) is 21.1. The van der Waals surface area contributed by atoms with E-state index in [2.05, 4.69) is 4.84 Å². The lowest BCUT2D eigenvalue weighted by atomic mass is 9.99. The van der Waals surface area contributed by atoms with Crippen LogP contribution in [0, 0.1) is 0 Å². The Kier molecular flexibility index (Phi) is 9.22. The number of hydrogen-bond acceptors (Lipinski definition) is 5. The van der Waals surface area contributed by atoms with E-state index in [1.54, 1.807) is 78.9 Å². The fourth-order valence-electron chi connectivity index (χ4n) is 4.84. The van der Waals surface area contributed by atoms with Crippen molar-refractivity contribution in [2.45, 2.75) is 31.0 Å². The van der Waals surface area contributed by atoms with Crippen molar-refractivity contribution in [2.24, 2.45) is 0 Å². The van der Waals surface area contributed by atoms with Gasteiger partial charge in [-0.05, 0) is 72.7 Å². The number of alkyl halides is 3. The average Bonchev–Trinajstić information content (AvgIpc) is 3.34. The van der Waals surface area contributed by atoms with E-state index in [-0.39, 0.29) is 23.5 Å². The van der Waals surface area contributed by atoms with Crippen LogP contribution in [0.25, 0.3) is 21.8 Å². The van der Waals surface area contributed by atoms with Gasteiger partial charge in [0.05, 0.1) is 6.42 Å². The molecule has 1 aromatic heterocycles. The molecule has 0 saturated carbocycles. The zero-order chi connectivity index (χ0) is 31.4. The highest BCUT2D eigenvalue weighted by Crippen LogP contribution is 2.32. The molecule has 0 aliphatic rings. The van der Waals surface area contributed by atoms with Crippen LogP contribution in [0.15, 0.2) is 95.9 Å². The monoisotopic (exact) mass is 637 g/mol. The number of fused-ring (bicyclic) bond motifs is 3. The van der Waals surface area contributed by atoms with Crippen LogP contribution in [0.1, 0.15) is 39.6 Å². The van der Waals surface area contributed by atoms with Crippen LogP contribution in [-0.2, 0) is 16.2 Å². The Morgan fingerprint density at radius 3 is 2.07 bits per heavy atom. The highest BCUT2D eigenvalue weighted by atomic mass is 35.5. The molecule has 44 heavy (non-hydrogen) atoms. The number of rotatable bonds is 10. The van der Waals surface area contributed by atoms with Crippen molar-refractivity contribution in [3.05, 3.63) is 113 Å². The minimum Gasteiger partial charge on any atom is -0.341 e. The Morgan fingerprint density at radius 1 is 0.841 bits per heavy atom. The van der Waals surface area contributed by atoms with E-state index in [9.17, 15) is 27.6 Å². The number of benzene rings is 4. The van der Waals surface area contributed by atoms with Crippen molar-refractivity contribution >= 4 is 68.4 Å². The molecule has 0 aliphatic carbocycles. The van der Waals surface area contributed by atoms with Crippen molar-refractivity contribution in [2.75, 3.05) is 5.75 Å². The van der Waals surface area contributed by atoms with Crippen molar-refractivity contribution < 1.29 is 37.5 Å². The molecule has 11 heteroatoms. The van der Waals surface area contributed by atoms with Crippen molar-refractivity contribution in [1.29, 1.82) is 0 Å². The summed E-state index contributed by atoms with van der Waals surface area (Å²) in [4.78, 5) is 43.3. The largest absolute Gasteiger partial charge is 0.498 e. The number of carbonyl (C=O) groups is 3. The molecule has 5 aromatic rings. The molecule has 0 spiro atoms. The number of thioether (sulfide) groups is 1. The molecule has 0 saturated heterocycles. The number of nitrogens with one attached hydrogen (secondary N) is 1. The molecule has 1 heterocycles. The molecule has 0 amide bonds. The van der Waals surface area contributed by atoms with Crippen LogP contribution < -0.4 is 5.16 Å². The lowest BCUT2D eigenvalue weighted by Crippen LogP contribution is -2.75. The van der Waals surface area contributed by atoms with E-state index >= 15 is 0 Å². The van der Waals surface area contributed by atoms with Crippen molar-refractivity contribution in [3.8, 4) is 0 Å². The number of carbonyl (C=O) groups excluding carboxylic acids is 3. The van der Waals surface area contributed by atoms with Gasteiger partial charge in [0.2, 0.25) is 0 Å². The van der Waals surface area contributed by atoms with Gasteiger partial charge in [-0.3, -0.25) is 9.59 Å². The summed E-state index contributed by atoms with van der Waals surface area (Å²) in [5, 5.41) is 3.96. The molecule has 6 nitrogen and oxygen atoms in total. The summed E-state index contributed by atoms with van der Waals surface area (Å²) in [5.74, 6) is -2.96. The van der Waals surface area contributed by atoms with Crippen LogP contribution >= 0.6 is 23.4 Å². The van der Waals surface area contributed by atoms with E-state index in [1.807, 2.05) is 28.8 Å². The summed E-state index contributed by atoms with van der Waals surface area (Å²) in [5.41, 5.74) is 2.65. The van der Waals surface area contributed by atoms with E-state index in [1.165, 1.54) is 11.8 Å². The summed E-state index contributed by atoms with van der Waals surface area (Å²) in [6.07, 6.45) is -5.27. The third-order valence-corrected chi connectivity index (χ3v) is 8.21. The number of aryl methyl sites for hydroxylation is 1. The quantitative estimate of drug-likeness (QED) is 0.0613. The Hall–Kier alpha value is -4.41. The molecular formula is C33H25ClF3N2O4S+. The number of halogens is 4. The number of nitrogens with zero attached hydrogens (tertiary/aromatic N) is 1. The molecule has 5 rings (SSSR count). The summed E-state index contributed by atoms with van der Waals surface area (Å²) < 4.78 is 40.6. The lowest BCUT2D eigenvalue weighted by Gasteiger charge is -2.05. The van der Waals surface area contributed by atoms with Gasteiger partial charge in [0, 0.05) is 60.7 Å². The highest BCUT2D eigenvalue weighted by molar-refractivity contribution is 7.99. The molecule has 0 atom stereocenters. The molecule has 4 aromatic carbocycles. The van der Waals surface area contributed by atoms with Crippen LogP contribution in [0.5, 0.6) is 0 Å². The molecule has 0 aliphatic heterocycles. The predicted molar refractivity (Wildman–Crippen MR) is 164 cm³/mol. The minimum atomic E-state index is -5.24. The van der Waals surface area contributed by atoms with Crippen molar-refractivity contribution in [3.63, 3.8) is 0 Å². The minimum absolute atomic E-state index is 0.0260. The van der Waals surface area contributed by atoms with Gasteiger partial charge in [0.15, 0.2) is 5.78 Å². The molecule has 0 unspecified atom stereocenters. The van der Waals surface area contributed by atoms with Gasteiger partial charge in [0.25, 0.3) is 11.5 Å². The number of aromatic nitrogens is 1. The molecule has 224 valence electrons. The Balaban J connectivity index is 1.50. The SMILES string of the molecule is CCn1c2ccc(C(=O)/C(CCSc3ccc(Cl)cc3)=[NH+]/OC(=O)C(F)(F)F)cc2c2cc(C(=O)c3ccccc3)ccc21. The molecular weight excluding hydrogens is 613 g/mol.